The van der Waals surface area contributed by atoms with Crippen molar-refractivity contribution >= 4 is 74.1 Å². The predicted octanol–water partition coefficient (Wildman–Crippen LogP) is 8.09. The summed E-state index contributed by atoms with van der Waals surface area (Å²) in [5.74, 6) is 0. The zero-order chi connectivity index (χ0) is 23.8. The third-order valence-electron chi connectivity index (χ3n) is 5.09. The fourth-order valence-electron chi connectivity index (χ4n) is 3.71. The summed E-state index contributed by atoms with van der Waals surface area (Å²) in [6.07, 6.45) is 0.123. The van der Waals surface area contributed by atoms with Crippen molar-refractivity contribution < 1.29 is 9.53 Å². The molecule has 172 valence electrons. The maximum Gasteiger partial charge on any atom is 0.407 e. The highest BCUT2D eigenvalue weighted by Crippen LogP contribution is 2.35. The van der Waals surface area contributed by atoms with E-state index in [2.05, 4.69) is 21.7 Å². The lowest BCUT2D eigenvalue weighted by atomic mass is 10.0. The number of amides is 1. The average molecular weight is 505 g/mol. The Morgan fingerprint density at radius 3 is 2.48 bits per heavy atom. The number of rotatable bonds is 5. The van der Waals surface area contributed by atoms with E-state index in [1.165, 1.54) is 0 Å². The number of carbonyl (C=O) groups is 1. The monoisotopic (exact) mass is 503 g/mol. The van der Waals surface area contributed by atoms with Crippen LogP contribution in [0.3, 0.4) is 0 Å². The van der Waals surface area contributed by atoms with E-state index < -0.39 is 11.7 Å². The molecule has 3 N–H and O–H groups in total. The minimum Gasteiger partial charge on any atom is -0.444 e. The van der Waals surface area contributed by atoms with Crippen LogP contribution in [0.2, 0.25) is 15.1 Å². The van der Waals surface area contributed by atoms with Crippen molar-refractivity contribution in [1.29, 1.82) is 0 Å². The summed E-state index contributed by atoms with van der Waals surface area (Å²) in [5, 5.41) is 10.0. The third-order valence-corrected chi connectivity index (χ3v) is 6.06. The van der Waals surface area contributed by atoms with Crippen LogP contribution in [0.15, 0.2) is 48.5 Å². The molecule has 4 rings (SSSR count). The summed E-state index contributed by atoms with van der Waals surface area (Å²) in [4.78, 5) is 15.6. The van der Waals surface area contributed by atoms with Gasteiger partial charge in [0.2, 0.25) is 0 Å². The molecule has 1 amide bonds. The summed E-state index contributed by atoms with van der Waals surface area (Å²) in [5.41, 5.74) is 4.13. The molecule has 4 aromatic rings. The molecular formula is C25H24Cl3N3O2. The quantitative estimate of drug-likeness (QED) is 0.257. The molecule has 0 saturated heterocycles. The van der Waals surface area contributed by atoms with E-state index in [0.717, 1.165) is 38.7 Å². The SMILES string of the molecule is CC(C)(C)OC(=O)NCCc1c(Nc2ccc(Cl)c(Cl)c2)ccc2c1[nH]c1ccc(Cl)cc12. The summed E-state index contributed by atoms with van der Waals surface area (Å²) in [6, 6.07) is 15.2. The van der Waals surface area contributed by atoms with Crippen LogP contribution in [-0.4, -0.2) is 23.2 Å². The number of fused-ring (bicyclic) bond motifs is 3. The molecule has 0 saturated carbocycles. The molecule has 1 aromatic heterocycles. The van der Waals surface area contributed by atoms with E-state index in [4.69, 9.17) is 39.5 Å². The number of halogens is 3. The van der Waals surface area contributed by atoms with Gasteiger partial charge in [0.25, 0.3) is 0 Å². The number of hydrogen-bond donors (Lipinski definition) is 3. The van der Waals surface area contributed by atoms with Gasteiger partial charge in [0.1, 0.15) is 5.60 Å². The summed E-state index contributed by atoms with van der Waals surface area (Å²) in [7, 11) is 0. The Balaban J connectivity index is 1.70. The van der Waals surface area contributed by atoms with Gasteiger partial charge in [0, 0.05) is 44.8 Å². The first-order valence-electron chi connectivity index (χ1n) is 10.5. The van der Waals surface area contributed by atoms with Crippen LogP contribution in [0, 0.1) is 0 Å². The number of aromatic amines is 1. The van der Waals surface area contributed by atoms with Gasteiger partial charge in [0.15, 0.2) is 0 Å². The Kier molecular flexibility index (Phi) is 6.66. The highest BCUT2D eigenvalue weighted by molar-refractivity contribution is 6.42. The van der Waals surface area contributed by atoms with Crippen LogP contribution >= 0.6 is 34.8 Å². The van der Waals surface area contributed by atoms with Gasteiger partial charge in [-0.15, -0.1) is 0 Å². The smallest absolute Gasteiger partial charge is 0.407 e. The Morgan fingerprint density at radius 2 is 1.76 bits per heavy atom. The minimum absolute atomic E-state index is 0.403. The van der Waals surface area contributed by atoms with E-state index in [9.17, 15) is 4.79 Å². The molecule has 0 spiro atoms. The first-order chi connectivity index (χ1) is 15.6. The van der Waals surface area contributed by atoms with Crippen LogP contribution in [-0.2, 0) is 11.2 Å². The van der Waals surface area contributed by atoms with Gasteiger partial charge in [-0.25, -0.2) is 4.79 Å². The van der Waals surface area contributed by atoms with Crippen molar-refractivity contribution in [2.45, 2.75) is 32.8 Å². The van der Waals surface area contributed by atoms with Crippen LogP contribution in [0.5, 0.6) is 0 Å². The minimum atomic E-state index is -0.554. The van der Waals surface area contributed by atoms with Gasteiger partial charge in [0.05, 0.1) is 15.6 Å². The Morgan fingerprint density at radius 1 is 0.970 bits per heavy atom. The topological polar surface area (TPSA) is 66.2 Å². The number of nitrogens with one attached hydrogen (secondary N) is 3. The highest BCUT2D eigenvalue weighted by atomic mass is 35.5. The van der Waals surface area contributed by atoms with Gasteiger partial charge >= 0.3 is 6.09 Å². The largest absolute Gasteiger partial charge is 0.444 e. The number of H-pyrrole nitrogens is 1. The number of carbonyl (C=O) groups excluding carboxylic acids is 1. The van der Waals surface area contributed by atoms with Crippen LogP contribution in [0.25, 0.3) is 21.8 Å². The van der Waals surface area contributed by atoms with Crippen molar-refractivity contribution in [2.75, 3.05) is 11.9 Å². The van der Waals surface area contributed by atoms with Crippen molar-refractivity contribution in [2.24, 2.45) is 0 Å². The first kappa shape index (κ1) is 23.6. The lowest BCUT2D eigenvalue weighted by Crippen LogP contribution is -2.33. The van der Waals surface area contributed by atoms with Gasteiger partial charge in [-0.3, -0.25) is 0 Å². The van der Waals surface area contributed by atoms with E-state index in [0.29, 0.717) is 28.0 Å². The highest BCUT2D eigenvalue weighted by Gasteiger charge is 2.17. The van der Waals surface area contributed by atoms with E-state index in [1.807, 2.05) is 51.1 Å². The molecule has 0 aliphatic heterocycles. The summed E-state index contributed by atoms with van der Waals surface area (Å²) < 4.78 is 5.36. The lowest BCUT2D eigenvalue weighted by molar-refractivity contribution is 0.0528. The molecule has 1 heterocycles. The van der Waals surface area contributed by atoms with Crippen molar-refractivity contribution in [3.8, 4) is 0 Å². The second-order valence-electron chi connectivity index (χ2n) is 8.76. The predicted molar refractivity (Wildman–Crippen MR) is 139 cm³/mol. The van der Waals surface area contributed by atoms with Crippen molar-refractivity contribution in [3.05, 3.63) is 69.2 Å². The fourth-order valence-corrected chi connectivity index (χ4v) is 4.18. The average Bonchev–Trinajstić information content (AvgIpc) is 3.08. The third kappa shape index (κ3) is 5.49. The maximum absolute atomic E-state index is 12.1. The van der Waals surface area contributed by atoms with Gasteiger partial charge in [-0.05, 0) is 69.7 Å². The number of alkyl carbamates (subject to hydrolysis) is 1. The molecule has 0 radical (unpaired) electrons. The molecule has 0 aliphatic carbocycles. The standard InChI is InChI=1S/C25H24Cl3N3O2/c1-25(2,3)33-24(32)29-11-10-17-21(30-15-5-7-19(27)20(28)13-15)9-6-16-18-12-14(26)4-8-22(18)31-23(16)17/h4-9,12-13,30-31H,10-11H2,1-3H3,(H,29,32). The number of ether oxygens (including phenoxy) is 1. The molecule has 3 aromatic carbocycles. The van der Waals surface area contributed by atoms with Gasteiger partial charge in [-0.1, -0.05) is 40.9 Å². The molecule has 0 atom stereocenters. The fraction of sp³-hybridized carbons (Fsp3) is 0.240. The molecular weight excluding hydrogens is 481 g/mol. The van der Waals surface area contributed by atoms with E-state index in [1.54, 1.807) is 12.1 Å². The van der Waals surface area contributed by atoms with E-state index >= 15 is 0 Å². The van der Waals surface area contributed by atoms with E-state index in [-0.39, 0.29) is 0 Å². The number of hydrogen-bond acceptors (Lipinski definition) is 3. The first-order valence-corrected chi connectivity index (χ1v) is 11.7. The molecule has 0 bridgehead atoms. The Hall–Kier alpha value is -2.60. The van der Waals surface area contributed by atoms with Gasteiger partial charge < -0.3 is 20.4 Å². The van der Waals surface area contributed by atoms with Crippen molar-refractivity contribution in [3.63, 3.8) is 0 Å². The molecule has 0 unspecified atom stereocenters. The van der Waals surface area contributed by atoms with Crippen LogP contribution in [0.1, 0.15) is 26.3 Å². The van der Waals surface area contributed by atoms with Crippen LogP contribution in [0.4, 0.5) is 16.2 Å². The Bertz CT molecular complexity index is 1340. The molecule has 8 heteroatoms. The zero-order valence-corrected chi connectivity index (χ0v) is 20.8. The van der Waals surface area contributed by atoms with Gasteiger partial charge in [-0.2, -0.15) is 0 Å². The normalized spacial score (nSPS) is 11.7. The zero-order valence-electron chi connectivity index (χ0n) is 18.5. The molecule has 0 aliphatic rings. The molecule has 33 heavy (non-hydrogen) atoms. The number of benzene rings is 3. The maximum atomic E-state index is 12.1. The summed E-state index contributed by atoms with van der Waals surface area (Å²) >= 11 is 18.5. The summed E-state index contributed by atoms with van der Waals surface area (Å²) in [6.45, 7) is 5.91. The lowest BCUT2D eigenvalue weighted by Gasteiger charge is -2.20. The Labute approximate surface area is 207 Å². The molecule has 0 fully saturated rings. The van der Waals surface area contributed by atoms with Crippen LogP contribution < -0.4 is 10.6 Å². The number of aromatic nitrogens is 1. The van der Waals surface area contributed by atoms with Crippen molar-refractivity contribution in [1.82, 2.24) is 10.3 Å². The number of anilines is 2. The second kappa shape index (κ2) is 9.34. The second-order valence-corrected chi connectivity index (χ2v) is 10.0. The molecule has 5 nitrogen and oxygen atoms in total.